The Kier molecular flexibility index (Phi) is 8.04. The van der Waals surface area contributed by atoms with Gasteiger partial charge in [0.25, 0.3) is 0 Å². The van der Waals surface area contributed by atoms with Gasteiger partial charge in [0.1, 0.15) is 5.76 Å². The van der Waals surface area contributed by atoms with E-state index in [4.69, 9.17) is 27.6 Å². The smallest absolute Gasteiger partial charge is 0.227 e. The van der Waals surface area contributed by atoms with Gasteiger partial charge >= 0.3 is 0 Å². The molecule has 1 aromatic carbocycles. The molecule has 0 fully saturated rings. The SMILES string of the molecule is CC1CCCC(c2coc(-c3c(-n4cc(Cl)nn4)ccc(Cl)c3F)cc2=O)c2cc(ccn2)-c2c(cnn2C(C)F)NC1=O. The van der Waals surface area contributed by atoms with E-state index < -0.39 is 23.5 Å². The van der Waals surface area contributed by atoms with E-state index in [-0.39, 0.29) is 44.6 Å². The average Bonchev–Trinajstić information content (AvgIpc) is 3.62. The maximum absolute atomic E-state index is 15.4. The van der Waals surface area contributed by atoms with Crippen LogP contribution in [-0.4, -0.2) is 35.7 Å². The first kappa shape index (κ1) is 29.6. The summed E-state index contributed by atoms with van der Waals surface area (Å²) in [7, 11) is 0. The van der Waals surface area contributed by atoms with Crippen LogP contribution < -0.4 is 10.7 Å². The molecule has 44 heavy (non-hydrogen) atoms. The summed E-state index contributed by atoms with van der Waals surface area (Å²) in [5.74, 6) is -2.02. The highest BCUT2D eigenvalue weighted by Gasteiger charge is 2.27. The van der Waals surface area contributed by atoms with Gasteiger partial charge in [0.05, 0.1) is 46.3 Å². The molecule has 1 N–H and O–H groups in total. The molecule has 4 aromatic heterocycles. The lowest BCUT2D eigenvalue weighted by Gasteiger charge is -2.21. The van der Waals surface area contributed by atoms with Crippen molar-refractivity contribution in [1.29, 1.82) is 0 Å². The zero-order valence-electron chi connectivity index (χ0n) is 23.5. The molecule has 1 aliphatic heterocycles. The lowest BCUT2D eigenvalue weighted by atomic mass is 9.88. The number of hydrogen-bond donors (Lipinski definition) is 1. The van der Waals surface area contributed by atoms with Gasteiger partial charge in [-0.25, -0.2) is 18.1 Å². The normalized spacial score (nSPS) is 17.7. The van der Waals surface area contributed by atoms with Crippen molar-refractivity contribution in [3.05, 3.63) is 92.7 Å². The summed E-state index contributed by atoms with van der Waals surface area (Å²) in [6.07, 6.45) is 5.74. The fourth-order valence-corrected chi connectivity index (χ4v) is 5.69. The molecule has 226 valence electrons. The molecule has 0 spiro atoms. The number of pyridine rings is 1. The molecule has 1 amide bonds. The van der Waals surface area contributed by atoms with Gasteiger partial charge in [-0.3, -0.25) is 14.6 Å². The van der Waals surface area contributed by atoms with E-state index in [1.807, 2.05) is 0 Å². The number of halogens is 4. The van der Waals surface area contributed by atoms with E-state index in [0.717, 1.165) is 0 Å². The molecule has 0 saturated carbocycles. The van der Waals surface area contributed by atoms with Crippen LogP contribution >= 0.6 is 23.2 Å². The molecule has 14 heteroatoms. The first-order valence-electron chi connectivity index (χ1n) is 13.8. The fraction of sp³-hybridized carbons (Fsp3) is 0.267. The number of fused-ring (bicyclic) bond motifs is 4. The number of anilines is 1. The second-order valence-corrected chi connectivity index (χ2v) is 11.4. The number of amides is 1. The molecule has 0 radical (unpaired) electrons. The first-order valence-corrected chi connectivity index (χ1v) is 14.6. The van der Waals surface area contributed by atoms with E-state index in [1.54, 1.807) is 25.3 Å². The summed E-state index contributed by atoms with van der Waals surface area (Å²) in [6.45, 7) is 3.15. The van der Waals surface area contributed by atoms with Crippen LogP contribution in [0.15, 0.2) is 64.4 Å². The number of alkyl halides is 1. The molecule has 2 bridgehead atoms. The van der Waals surface area contributed by atoms with Gasteiger partial charge < -0.3 is 9.73 Å². The van der Waals surface area contributed by atoms with Crippen LogP contribution in [0.2, 0.25) is 10.2 Å². The average molecular weight is 640 g/mol. The van der Waals surface area contributed by atoms with E-state index >= 15 is 4.39 Å². The molecule has 5 aromatic rings. The third-order valence-electron chi connectivity index (χ3n) is 7.65. The van der Waals surface area contributed by atoms with Gasteiger partial charge in [-0.15, -0.1) is 5.10 Å². The van der Waals surface area contributed by atoms with Crippen molar-refractivity contribution in [2.45, 2.75) is 45.3 Å². The molecule has 0 aliphatic carbocycles. The van der Waals surface area contributed by atoms with Crippen molar-refractivity contribution in [1.82, 2.24) is 29.8 Å². The van der Waals surface area contributed by atoms with Crippen molar-refractivity contribution >= 4 is 34.8 Å². The van der Waals surface area contributed by atoms with Crippen LogP contribution in [0.5, 0.6) is 0 Å². The van der Waals surface area contributed by atoms with Gasteiger partial charge in [0.2, 0.25) is 5.91 Å². The number of carbonyl (C=O) groups is 1. The zero-order valence-corrected chi connectivity index (χ0v) is 25.0. The van der Waals surface area contributed by atoms with Crippen LogP contribution in [0.25, 0.3) is 28.3 Å². The second-order valence-electron chi connectivity index (χ2n) is 10.6. The Labute approximate surface area is 259 Å². The minimum Gasteiger partial charge on any atom is -0.464 e. The van der Waals surface area contributed by atoms with Crippen LogP contribution in [0.1, 0.15) is 56.6 Å². The molecule has 3 atom stereocenters. The predicted octanol–water partition coefficient (Wildman–Crippen LogP) is 6.97. The molecular formula is C30H25Cl2F2N7O3. The standard InChI is InChI=1S/C30H25Cl2F2N7O3/c1-15-4-3-5-18(21-10-17(8-9-35-21)29-22(37-30(15)43)12-36-41(29)16(2)33)19-14-44-25(11-24(19)42)27-23(7-6-20(31)28(27)34)40-13-26(32)38-39-40/h6-16,18H,3-5H2,1-2H3,(H,37,43). The Morgan fingerprint density at radius 2 is 1.98 bits per heavy atom. The maximum Gasteiger partial charge on any atom is 0.227 e. The van der Waals surface area contributed by atoms with Crippen LogP contribution in [-0.2, 0) is 4.79 Å². The second kappa shape index (κ2) is 11.9. The van der Waals surface area contributed by atoms with Crippen LogP contribution in [0.3, 0.4) is 0 Å². The Hall–Kier alpha value is -4.42. The van der Waals surface area contributed by atoms with Crippen LogP contribution in [0.4, 0.5) is 14.5 Å². The van der Waals surface area contributed by atoms with Gasteiger partial charge in [-0.2, -0.15) is 5.10 Å². The summed E-state index contributed by atoms with van der Waals surface area (Å²) in [6, 6.07) is 7.49. The fourth-order valence-electron chi connectivity index (χ4n) is 5.41. The number of rotatable bonds is 4. The van der Waals surface area contributed by atoms with Crippen molar-refractivity contribution < 1.29 is 18.0 Å². The van der Waals surface area contributed by atoms with E-state index in [9.17, 15) is 14.0 Å². The van der Waals surface area contributed by atoms with Gasteiger partial charge in [0, 0.05) is 40.9 Å². The third kappa shape index (κ3) is 5.50. The topological polar surface area (TPSA) is 121 Å². The van der Waals surface area contributed by atoms with Crippen molar-refractivity contribution in [3.63, 3.8) is 0 Å². The van der Waals surface area contributed by atoms with Gasteiger partial charge in [0.15, 0.2) is 22.7 Å². The number of benzene rings is 1. The summed E-state index contributed by atoms with van der Waals surface area (Å²) < 4.78 is 38.3. The van der Waals surface area contributed by atoms with Crippen LogP contribution in [0, 0.1) is 11.7 Å². The number of carbonyl (C=O) groups excluding carboxylic acids is 1. The molecule has 5 heterocycles. The highest BCUT2D eigenvalue weighted by molar-refractivity contribution is 6.31. The Balaban J connectivity index is 1.47. The van der Waals surface area contributed by atoms with E-state index in [2.05, 4.69) is 25.7 Å². The summed E-state index contributed by atoms with van der Waals surface area (Å²) in [5, 5.41) is 14.6. The number of nitrogens with one attached hydrogen (secondary N) is 1. The summed E-state index contributed by atoms with van der Waals surface area (Å²) in [4.78, 5) is 31.3. The highest BCUT2D eigenvalue weighted by Crippen LogP contribution is 2.37. The highest BCUT2D eigenvalue weighted by atomic mass is 35.5. The Morgan fingerprint density at radius 1 is 1.16 bits per heavy atom. The number of nitrogens with zero attached hydrogens (tertiary/aromatic N) is 6. The predicted molar refractivity (Wildman–Crippen MR) is 160 cm³/mol. The third-order valence-corrected chi connectivity index (χ3v) is 8.11. The van der Waals surface area contributed by atoms with E-state index in [0.29, 0.717) is 41.9 Å². The molecular weight excluding hydrogens is 615 g/mol. The lowest BCUT2D eigenvalue weighted by molar-refractivity contribution is -0.119. The van der Waals surface area contributed by atoms with Crippen molar-refractivity contribution in [3.8, 4) is 28.3 Å². The summed E-state index contributed by atoms with van der Waals surface area (Å²) in [5.41, 5.74) is 1.83. The quantitative estimate of drug-likeness (QED) is 0.225. The zero-order chi connectivity index (χ0) is 31.1. The monoisotopic (exact) mass is 639 g/mol. The molecule has 1 aliphatic rings. The molecule has 6 rings (SSSR count). The maximum atomic E-state index is 15.4. The minimum atomic E-state index is -1.47. The van der Waals surface area contributed by atoms with E-state index in [1.165, 1.54) is 53.1 Å². The number of aromatic nitrogens is 6. The summed E-state index contributed by atoms with van der Waals surface area (Å²) >= 11 is 12.0. The van der Waals surface area contributed by atoms with Crippen molar-refractivity contribution in [2.24, 2.45) is 5.92 Å². The minimum absolute atomic E-state index is 0.0778. The molecule has 3 unspecified atom stereocenters. The Bertz CT molecular complexity index is 1940. The molecule has 10 nitrogen and oxygen atoms in total. The largest absolute Gasteiger partial charge is 0.464 e. The Morgan fingerprint density at radius 3 is 2.70 bits per heavy atom. The van der Waals surface area contributed by atoms with Crippen molar-refractivity contribution in [2.75, 3.05) is 5.32 Å². The van der Waals surface area contributed by atoms with Gasteiger partial charge in [-0.05, 0) is 44.0 Å². The van der Waals surface area contributed by atoms with Gasteiger partial charge in [-0.1, -0.05) is 41.8 Å². The first-order chi connectivity index (χ1) is 21.1. The lowest BCUT2D eigenvalue weighted by Crippen LogP contribution is -2.22. The number of hydrogen-bond acceptors (Lipinski definition) is 7. The molecule has 0 saturated heterocycles.